The molecule has 2 heterocycles. The van der Waals surface area contributed by atoms with Gasteiger partial charge in [0, 0.05) is 29.7 Å². The van der Waals surface area contributed by atoms with E-state index in [1.807, 2.05) is 36.4 Å². The Labute approximate surface area is 175 Å². The fraction of sp³-hybridized carbons (Fsp3) is 0.318. The lowest BCUT2D eigenvalue weighted by molar-refractivity contribution is -0.137. The largest absolute Gasteiger partial charge is 0.326 e. The molecule has 8 heteroatoms. The minimum Gasteiger partial charge on any atom is -0.326 e. The molecule has 1 saturated heterocycles. The molecular weight excluding hydrogens is 410 g/mol. The predicted octanol–water partition coefficient (Wildman–Crippen LogP) is 4.17. The van der Waals surface area contributed by atoms with E-state index in [-0.39, 0.29) is 42.4 Å². The monoisotopic (exact) mass is 434 g/mol. The molecule has 5 nitrogen and oxygen atoms in total. The number of benzene rings is 2. The Morgan fingerprint density at radius 3 is 2.40 bits per heavy atom. The van der Waals surface area contributed by atoms with Gasteiger partial charge in [0.15, 0.2) is 0 Å². The Morgan fingerprint density at radius 1 is 1.10 bits per heavy atom. The van der Waals surface area contributed by atoms with E-state index in [1.54, 1.807) is 4.90 Å². The van der Waals surface area contributed by atoms with Gasteiger partial charge in [-0.3, -0.25) is 13.9 Å². The van der Waals surface area contributed by atoms with Gasteiger partial charge in [0.05, 0.1) is 11.6 Å². The average Bonchev–Trinajstić information content (AvgIpc) is 3.15. The number of nitrogens with zero attached hydrogens (tertiary/aromatic N) is 1. The van der Waals surface area contributed by atoms with Crippen LogP contribution < -0.4 is 5.73 Å². The van der Waals surface area contributed by atoms with Gasteiger partial charge < -0.3 is 10.6 Å². The Bertz CT molecular complexity index is 987. The van der Waals surface area contributed by atoms with Crippen LogP contribution in [-0.2, 0) is 4.79 Å². The third kappa shape index (κ3) is 4.00. The summed E-state index contributed by atoms with van der Waals surface area (Å²) in [5.74, 6) is -1.47. The standard InChI is InChI=1S/C22H24F2N2O3S/c23-17-6-7-18(19(24)13-17)16-12-20(15-4-2-1-3-5-15)26(14-16)21(27)22(25)8-10-30(28,29)11-9-22/h1-7,12-13,20,28-29H,8-11,14,25H2. The zero-order valence-electron chi connectivity index (χ0n) is 16.3. The fourth-order valence-corrected chi connectivity index (χ4v) is 5.67. The molecule has 0 aliphatic carbocycles. The third-order valence-electron chi connectivity index (χ3n) is 5.89. The highest BCUT2D eigenvalue weighted by molar-refractivity contribution is 8.24. The van der Waals surface area contributed by atoms with Gasteiger partial charge in [-0.2, -0.15) is 10.6 Å². The molecule has 30 heavy (non-hydrogen) atoms. The summed E-state index contributed by atoms with van der Waals surface area (Å²) < 4.78 is 47.6. The summed E-state index contributed by atoms with van der Waals surface area (Å²) in [6, 6.07) is 12.3. The maximum absolute atomic E-state index is 14.4. The Balaban J connectivity index is 1.67. The first-order valence-corrected chi connectivity index (χ1v) is 11.6. The first-order valence-electron chi connectivity index (χ1n) is 9.73. The van der Waals surface area contributed by atoms with Gasteiger partial charge in [-0.15, -0.1) is 0 Å². The zero-order chi connectivity index (χ0) is 21.5. The van der Waals surface area contributed by atoms with E-state index in [4.69, 9.17) is 5.73 Å². The van der Waals surface area contributed by atoms with Gasteiger partial charge in [-0.1, -0.05) is 36.4 Å². The first-order chi connectivity index (χ1) is 14.2. The highest BCUT2D eigenvalue weighted by atomic mass is 32.3. The molecule has 1 unspecified atom stereocenters. The van der Waals surface area contributed by atoms with E-state index in [0.29, 0.717) is 5.57 Å². The van der Waals surface area contributed by atoms with Gasteiger partial charge in [-0.05, 0) is 36.1 Å². The summed E-state index contributed by atoms with van der Waals surface area (Å²) in [7, 11) is -2.69. The smallest absolute Gasteiger partial charge is 0.243 e. The topological polar surface area (TPSA) is 86.8 Å². The number of carbonyl (C=O) groups excluding carboxylic acids is 1. The average molecular weight is 435 g/mol. The quantitative estimate of drug-likeness (QED) is 0.677. The van der Waals surface area contributed by atoms with Crippen LogP contribution in [0.4, 0.5) is 8.78 Å². The van der Waals surface area contributed by atoms with Crippen molar-refractivity contribution in [3.05, 3.63) is 77.4 Å². The SMILES string of the molecule is NC1(C(=O)N2CC(c3ccc(F)cc3F)=CC2c2ccccc2)CCS(O)(O)CC1. The lowest BCUT2D eigenvalue weighted by Crippen LogP contribution is -2.58. The van der Waals surface area contributed by atoms with E-state index < -0.39 is 33.8 Å². The molecule has 2 aromatic carbocycles. The van der Waals surface area contributed by atoms with Gasteiger partial charge >= 0.3 is 0 Å². The maximum Gasteiger partial charge on any atom is 0.243 e. The van der Waals surface area contributed by atoms with Crippen LogP contribution in [0.25, 0.3) is 5.57 Å². The molecular formula is C22H24F2N2O3S. The molecule has 1 amide bonds. The van der Waals surface area contributed by atoms with Crippen LogP contribution in [-0.4, -0.2) is 43.5 Å². The minimum atomic E-state index is -2.69. The van der Waals surface area contributed by atoms with Gasteiger partial charge in [0.2, 0.25) is 5.91 Å². The summed E-state index contributed by atoms with van der Waals surface area (Å²) in [5, 5.41) is 0. The number of amides is 1. The van der Waals surface area contributed by atoms with Crippen molar-refractivity contribution < 1.29 is 22.7 Å². The molecule has 0 spiro atoms. The van der Waals surface area contributed by atoms with E-state index >= 15 is 0 Å². The fourth-order valence-electron chi connectivity index (χ4n) is 4.08. The van der Waals surface area contributed by atoms with Gasteiger partial charge in [0.1, 0.15) is 11.6 Å². The number of carbonyl (C=O) groups is 1. The van der Waals surface area contributed by atoms with Gasteiger partial charge in [0.25, 0.3) is 0 Å². The molecule has 0 aromatic heterocycles. The van der Waals surface area contributed by atoms with Crippen molar-refractivity contribution in [2.75, 3.05) is 18.1 Å². The molecule has 4 N–H and O–H groups in total. The van der Waals surface area contributed by atoms with Crippen LogP contribution in [0.3, 0.4) is 0 Å². The highest BCUT2D eigenvalue weighted by Crippen LogP contribution is 2.47. The third-order valence-corrected chi connectivity index (χ3v) is 7.61. The lowest BCUT2D eigenvalue weighted by Gasteiger charge is -2.45. The summed E-state index contributed by atoms with van der Waals surface area (Å²) in [4.78, 5) is 15.1. The molecule has 4 rings (SSSR count). The lowest BCUT2D eigenvalue weighted by atomic mass is 9.91. The summed E-state index contributed by atoms with van der Waals surface area (Å²) >= 11 is 0. The van der Waals surface area contributed by atoms with Crippen molar-refractivity contribution in [1.29, 1.82) is 0 Å². The van der Waals surface area contributed by atoms with Crippen molar-refractivity contribution in [2.24, 2.45) is 5.73 Å². The molecule has 1 atom stereocenters. The van der Waals surface area contributed by atoms with Crippen LogP contribution in [0.1, 0.15) is 30.0 Å². The second-order valence-electron chi connectivity index (χ2n) is 7.97. The predicted molar refractivity (Wildman–Crippen MR) is 114 cm³/mol. The molecule has 0 radical (unpaired) electrons. The summed E-state index contributed by atoms with van der Waals surface area (Å²) in [5.41, 5.74) is 6.90. The highest BCUT2D eigenvalue weighted by Gasteiger charge is 2.45. The van der Waals surface area contributed by atoms with Crippen molar-refractivity contribution in [3.63, 3.8) is 0 Å². The first kappa shape index (κ1) is 21.0. The minimum absolute atomic E-state index is 0.0892. The van der Waals surface area contributed by atoms with Crippen LogP contribution in [0.15, 0.2) is 54.6 Å². The van der Waals surface area contributed by atoms with E-state index in [0.717, 1.165) is 11.6 Å². The summed E-state index contributed by atoms with van der Waals surface area (Å²) in [6.45, 7) is 0.135. The van der Waals surface area contributed by atoms with Crippen LogP contribution in [0.2, 0.25) is 0 Å². The number of rotatable bonds is 3. The Morgan fingerprint density at radius 2 is 1.77 bits per heavy atom. The number of hydrogen-bond acceptors (Lipinski definition) is 4. The van der Waals surface area contributed by atoms with Crippen molar-refractivity contribution in [2.45, 2.75) is 24.4 Å². The van der Waals surface area contributed by atoms with Crippen LogP contribution >= 0.6 is 10.6 Å². The number of nitrogens with two attached hydrogens (primary N) is 1. The van der Waals surface area contributed by atoms with Crippen molar-refractivity contribution in [3.8, 4) is 0 Å². The molecule has 1 fully saturated rings. The number of hydrogen-bond donors (Lipinski definition) is 3. The molecule has 0 saturated carbocycles. The molecule has 2 aromatic rings. The van der Waals surface area contributed by atoms with Crippen LogP contribution in [0.5, 0.6) is 0 Å². The Hall–Kier alpha value is -2.26. The molecule has 2 aliphatic heterocycles. The normalized spacial score (nSPS) is 23.7. The van der Waals surface area contributed by atoms with E-state index in [9.17, 15) is 22.7 Å². The maximum atomic E-state index is 14.4. The van der Waals surface area contributed by atoms with Crippen LogP contribution in [0, 0.1) is 11.6 Å². The van der Waals surface area contributed by atoms with Gasteiger partial charge in [-0.25, -0.2) is 8.78 Å². The van der Waals surface area contributed by atoms with E-state index in [2.05, 4.69) is 0 Å². The van der Waals surface area contributed by atoms with E-state index in [1.165, 1.54) is 12.1 Å². The van der Waals surface area contributed by atoms with Crippen molar-refractivity contribution in [1.82, 2.24) is 4.90 Å². The zero-order valence-corrected chi connectivity index (χ0v) is 17.1. The second kappa shape index (κ2) is 7.77. The summed E-state index contributed by atoms with van der Waals surface area (Å²) in [6.07, 6.45) is 2.15. The number of halogens is 2. The second-order valence-corrected chi connectivity index (χ2v) is 10.4. The Kier molecular flexibility index (Phi) is 5.44. The molecule has 2 aliphatic rings. The van der Waals surface area contributed by atoms with Crippen molar-refractivity contribution >= 4 is 22.1 Å². The molecule has 0 bridgehead atoms. The molecule has 160 valence electrons.